The molecule has 1 aliphatic rings. The van der Waals surface area contributed by atoms with Gasteiger partial charge in [0.2, 0.25) is 0 Å². The molecular weight excluding hydrogens is 274 g/mol. The maximum atomic E-state index is 10.8. The second-order valence-electron chi connectivity index (χ2n) is 5.46. The van der Waals surface area contributed by atoms with E-state index >= 15 is 0 Å². The predicted octanol–water partition coefficient (Wildman–Crippen LogP) is 2.57. The molecular formula is C14H17N3O2S. The monoisotopic (exact) mass is 291 g/mol. The highest BCUT2D eigenvalue weighted by atomic mass is 32.2. The lowest BCUT2D eigenvalue weighted by atomic mass is 10.3. The van der Waals surface area contributed by atoms with Gasteiger partial charge in [-0.15, -0.1) is 0 Å². The smallest absolute Gasteiger partial charge is 0.313 e. The van der Waals surface area contributed by atoms with Crippen molar-refractivity contribution in [2.24, 2.45) is 11.8 Å². The van der Waals surface area contributed by atoms with Gasteiger partial charge in [-0.3, -0.25) is 4.79 Å². The van der Waals surface area contributed by atoms with Crippen LogP contribution in [0.5, 0.6) is 0 Å². The summed E-state index contributed by atoms with van der Waals surface area (Å²) in [7, 11) is 0. The van der Waals surface area contributed by atoms with E-state index in [0.717, 1.165) is 34.5 Å². The van der Waals surface area contributed by atoms with Crippen molar-refractivity contribution in [3.63, 3.8) is 0 Å². The fourth-order valence-corrected chi connectivity index (χ4v) is 3.10. The number of aliphatic carboxylic acids is 1. The molecule has 2 aromatic rings. The van der Waals surface area contributed by atoms with Crippen molar-refractivity contribution >= 4 is 28.9 Å². The summed E-state index contributed by atoms with van der Waals surface area (Å²) in [6.07, 6.45) is 1.23. The Balaban J connectivity index is 1.97. The van der Waals surface area contributed by atoms with Gasteiger partial charge in [-0.1, -0.05) is 18.7 Å². The van der Waals surface area contributed by atoms with Crippen LogP contribution in [-0.2, 0) is 11.3 Å². The predicted molar refractivity (Wildman–Crippen MR) is 77.9 cm³/mol. The van der Waals surface area contributed by atoms with E-state index in [1.807, 2.05) is 19.1 Å². The molecule has 3 rings (SSSR count). The molecule has 1 fully saturated rings. The van der Waals surface area contributed by atoms with E-state index in [4.69, 9.17) is 5.11 Å². The lowest BCUT2D eigenvalue weighted by Gasteiger charge is -2.07. The first kappa shape index (κ1) is 13.4. The molecule has 0 aromatic carbocycles. The van der Waals surface area contributed by atoms with Crippen LogP contribution in [0.3, 0.4) is 0 Å². The normalized spacial score (nSPS) is 21.3. The van der Waals surface area contributed by atoms with Gasteiger partial charge in [-0.05, 0) is 37.3 Å². The van der Waals surface area contributed by atoms with Crippen molar-refractivity contribution < 1.29 is 9.90 Å². The second-order valence-corrected chi connectivity index (χ2v) is 6.40. The van der Waals surface area contributed by atoms with E-state index < -0.39 is 5.97 Å². The highest BCUT2D eigenvalue weighted by molar-refractivity contribution is 7.99. The van der Waals surface area contributed by atoms with Gasteiger partial charge in [0, 0.05) is 12.2 Å². The molecule has 0 amide bonds. The summed E-state index contributed by atoms with van der Waals surface area (Å²) in [5.41, 5.74) is 2.67. The number of carbonyl (C=O) groups is 1. The van der Waals surface area contributed by atoms with Gasteiger partial charge in [-0.2, -0.15) is 0 Å². The number of carboxylic acids is 1. The number of aryl methyl sites for hydroxylation is 1. The summed E-state index contributed by atoms with van der Waals surface area (Å²) in [4.78, 5) is 19.9. The van der Waals surface area contributed by atoms with Crippen LogP contribution in [0, 0.1) is 18.8 Å². The van der Waals surface area contributed by atoms with Crippen molar-refractivity contribution in [3.8, 4) is 0 Å². The van der Waals surface area contributed by atoms with Crippen LogP contribution in [-0.4, -0.2) is 31.4 Å². The van der Waals surface area contributed by atoms with Crippen LogP contribution in [0.2, 0.25) is 0 Å². The Morgan fingerprint density at radius 1 is 1.50 bits per heavy atom. The first-order chi connectivity index (χ1) is 9.54. The summed E-state index contributed by atoms with van der Waals surface area (Å²) < 4.78 is 2.09. The van der Waals surface area contributed by atoms with E-state index in [-0.39, 0.29) is 5.75 Å². The summed E-state index contributed by atoms with van der Waals surface area (Å²) in [5, 5.41) is 9.61. The van der Waals surface area contributed by atoms with E-state index in [1.165, 1.54) is 18.2 Å². The van der Waals surface area contributed by atoms with Crippen molar-refractivity contribution in [1.29, 1.82) is 0 Å². The zero-order chi connectivity index (χ0) is 14.3. The topological polar surface area (TPSA) is 68.0 Å². The molecule has 1 saturated carbocycles. The summed E-state index contributed by atoms with van der Waals surface area (Å²) in [5.74, 6) is 0.619. The van der Waals surface area contributed by atoms with E-state index in [0.29, 0.717) is 5.92 Å². The molecule has 5 nitrogen and oxygen atoms in total. The Morgan fingerprint density at radius 3 is 2.90 bits per heavy atom. The Labute approximate surface area is 121 Å². The van der Waals surface area contributed by atoms with Crippen LogP contribution in [0.1, 0.15) is 19.0 Å². The van der Waals surface area contributed by atoms with E-state index in [9.17, 15) is 4.79 Å². The third-order valence-corrected chi connectivity index (χ3v) is 4.68. The highest BCUT2D eigenvalue weighted by Crippen LogP contribution is 2.40. The molecule has 1 aliphatic carbocycles. The van der Waals surface area contributed by atoms with Crippen LogP contribution >= 0.6 is 11.8 Å². The van der Waals surface area contributed by atoms with Gasteiger partial charge in [0.25, 0.3) is 0 Å². The number of hydrogen-bond donors (Lipinski definition) is 1. The molecule has 20 heavy (non-hydrogen) atoms. The third-order valence-electron chi connectivity index (χ3n) is 3.71. The van der Waals surface area contributed by atoms with Gasteiger partial charge in [-0.25, -0.2) is 9.97 Å². The SMILES string of the molecule is Cc1ccc2nc(SCC(=O)O)n(CC3CC3C)c2n1. The molecule has 0 saturated heterocycles. The molecule has 0 bridgehead atoms. The number of hydrogen-bond acceptors (Lipinski definition) is 4. The number of rotatable bonds is 5. The fraction of sp³-hybridized carbons (Fsp3) is 0.500. The standard InChI is InChI=1S/C14H17N3O2S/c1-8-5-10(8)6-17-13-11(4-3-9(2)15-13)16-14(17)20-7-12(18)19/h3-4,8,10H,5-7H2,1-2H3,(H,18,19). The summed E-state index contributed by atoms with van der Waals surface area (Å²) in [6, 6.07) is 3.89. The minimum absolute atomic E-state index is 0.0303. The van der Waals surface area contributed by atoms with Gasteiger partial charge in [0.15, 0.2) is 10.8 Å². The molecule has 2 heterocycles. The first-order valence-corrected chi connectivity index (χ1v) is 7.71. The van der Waals surface area contributed by atoms with Gasteiger partial charge < -0.3 is 9.67 Å². The Kier molecular flexibility index (Phi) is 3.41. The van der Waals surface area contributed by atoms with Crippen molar-refractivity contribution in [1.82, 2.24) is 14.5 Å². The molecule has 0 spiro atoms. The van der Waals surface area contributed by atoms with Crippen molar-refractivity contribution in [2.45, 2.75) is 32.0 Å². The van der Waals surface area contributed by atoms with E-state index in [2.05, 4.69) is 21.5 Å². The average molecular weight is 291 g/mol. The number of imidazole rings is 1. The summed E-state index contributed by atoms with van der Waals surface area (Å²) in [6.45, 7) is 5.09. The highest BCUT2D eigenvalue weighted by Gasteiger charge is 2.33. The molecule has 106 valence electrons. The second kappa shape index (κ2) is 5.09. The van der Waals surface area contributed by atoms with Gasteiger partial charge in [0.1, 0.15) is 5.52 Å². The van der Waals surface area contributed by atoms with Crippen molar-refractivity contribution in [3.05, 3.63) is 17.8 Å². The number of pyridine rings is 1. The number of nitrogens with zero attached hydrogens (tertiary/aromatic N) is 3. The minimum Gasteiger partial charge on any atom is -0.481 e. The molecule has 2 unspecified atom stereocenters. The van der Waals surface area contributed by atoms with Crippen LogP contribution in [0.15, 0.2) is 17.3 Å². The fourth-order valence-electron chi connectivity index (χ4n) is 2.36. The van der Waals surface area contributed by atoms with Crippen LogP contribution in [0.25, 0.3) is 11.2 Å². The minimum atomic E-state index is -0.822. The quantitative estimate of drug-likeness (QED) is 0.858. The van der Waals surface area contributed by atoms with Crippen LogP contribution < -0.4 is 0 Å². The molecule has 0 radical (unpaired) electrons. The summed E-state index contributed by atoms with van der Waals surface area (Å²) >= 11 is 1.27. The van der Waals surface area contributed by atoms with E-state index in [1.54, 1.807) is 0 Å². The van der Waals surface area contributed by atoms with Crippen molar-refractivity contribution in [2.75, 3.05) is 5.75 Å². The lowest BCUT2D eigenvalue weighted by molar-refractivity contribution is -0.133. The number of aromatic nitrogens is 3. The zero-order valence-corrected chi connectivity index (χ0v) is 12.4. The third kappa shape index (κ3) is 2.65. The number of thioether (sulfide) groups is 1. The molecule has 2 atom stereocenters. The maximum absolute atomic E-state index is 10.8. The first-order valence-electron chi connectivity index (χ1n) is 6.73. The average Bonchev–Trinajstić information content (AvgIpc) is 2.97. The lowest BCUT2D eigenvalue weighted by Crippen LogP contribution is -2.06. The van der Waals surface area contributed by atoms with Gasteiger partial charge >= 0.3 is 5.97 Å². The molecule has 0 aliphatic heterocycles. The van der Waals surface area contributed by atoms with Crippen LogP contribution in [0.4, 0.5) is 0 Å². The Hall–Kier alpha value is -1.56. The largest absolute Gasteiger partial charge is 0.481 e. The number of fused-ring (bicyclic) bond motifs is 1. The van der Waals surface area contributed by atoms with Gasteiger partial charge in [0.05, 0.1) is 5.75 Å². The zero-order valence-electron chi connectivity index (χ0n) is 11.5. The molecule has 6 heteroatoms. The maximum Gasteiger partial charge on any atom is 0.313 e. The Morgan fingerprint density at radius 2 is 2.25 bits per heavy atom. The number of carboxylic acid groups (broad SMARTS) is 1. The molecule has 1 N–H and O–H groups in total. The Bertz CT molecular complexity index is 668. The molecule has 2 aromatic heterocycles.